The first kappa shape index (κ1) is 12.4. The molecule has 0 unspecified atom stereocenters. The summed E-state index contributed by atoms with van der Waals surface area (Å²) in [4.78, 5) is 13.5. The largest absolute Gasteiger partial charge is 0.465 e. The van der Waals surface area contributed by atoms with Crippen LogP contribution in [0.5, 0.6) is 0 Å². The molecule has 2 aromatic rings. The highest BCUT2D eigenvalue weighted by atomic mass is 32.1. The number of benzene rings is 1. The van der Waals surface area contributed by atoms with Crippen molar-refractivity contribution in [2.75, 3.05) is 7.11 Å². The maximum atomic E-state index is 11.3. The zero-order valence-corrected chi connectivity index (χ0v) is 11.0. The highest BCUT2D eigenvalue weighted by Gasteiger charge is 2.03. The van der Waals surface area contributed by atoms with E-state index in [9.17, 15) is 4.79 Å². The Morgan fingerprint density at radius 3 is 2.39 bits per heavy atom. The Bertz CT molecular complexity index is 612. The van der Waals surface area contributed by atoms with Crippen LogP contribution in [0.4, 0.5) is 0 Å². The fourth-order valence-electron chi connectivity index (χ4n) is 1.44. The standard InChI is InChI=1S/C15H12O2S/c1-11-3-9-14(18-11)10-6-12-4-7-13(8-5-12)15(16)17-2/h3-5,7-9H,1-2H3. The monoisotopic (exact) mass is 256 g/mol. The summed E-state index contributed by atoms with van der Waals surface area (Å²) < 4.78 is 4.63. The van der Waals surface area contributed by atoms with E-state index >= 15 is 0 Å². The molecule has 2 nitrogen and oxygen atoms in total. The summed E-state index contributed by atoms with van der Waals surface area (Å²) in [5.41, 5.74) is 1.42. The van der Waals surface area contributed by atoms with Crippen LogP contribution in [0.1, 0.15) is 25.7 Å². The molecule has 0 amide bonds. The maximum absolute atomic E-state index is 11.3. The fraction of sp³-hybridized carbons (Fsp3) is 0.133. The van der Waals surface area contributed by atoms with Gasteiger partial charge in [-0.15, -0.1) is 11.3 Å². The van der Waals surface area contributed by atoms with Gasteiger partial charge in [0.25, 0.3) is 0 Å². The van der Waals surface area contributed by atoms with Crippen molar-refractivity contribution in [3.05, 3.63) is 57.3 Å². The van der Waals surface area contributed by atoms with Crippen LogP contribution in [0.15, 0.2) is 36.4 Å². The summed E-state index contributed by atoms with van der Waals surface area (Å²) in [5, 5.41) is 0. The summed E-state index contributed by atoms with van der Waals surface area (Å²) in [7, 11) is 1.37. The zero-order valence-electron chi connectivity index (χ0n) is 10.2. The molecule has 90 valence electrons. The number of methoxy groups -OCH3 is 1. The number of carbonyl (C=O) groups excluding carboxylic acids is 1. The second kappa shape index (κ2) is 5.52. The van der Waals surface area contributed by atoms with E-state index in [1.165, 1.54) is 12.0 Å². The molecule has 1 aromatic heterocycles. The van der Waals surface area contributed by atoms with E-state index in [1.54, 1.807) is 23.5 Å². The van der Waals surface area contributed by atoms with Gasteiger partial charge in [-0.3, -0.25) is 0 Å². The van der Waals surface area contributed by atoms with Crippen molar-refractivity contribution in [2.45, 2.75) is 6.92 Å². The number of carbonyl (C=O) groups is 1. The Balaban J connectivity index is 2.16. The van der Waals surface area contributed by atoms with Crippen molar-refractivity contribution < 1.29 is 9.53 Å². The molecule has 1 heterocycles. The first-order valence-electron chi connectivity index (χ1n) is 5.46. The molecule has 0 saturated heterocycles. The van der Waals surface area contributed by atoms with E-state index in [0.29, 0.717) is 5.56 Å². The summed E-state index contributed by atoms with van der Waals surface area (Å²) in [6.07, 6.45) is 0. The van der Waals surface area contributed by atoms with Crippen molar-refractivity contribution in [1.82, 2.24) is 0 Å². The summed E-state index contributed by atoms with van der Waals surface area (Å²) in [6, 6.07) is 11.1. The van der Waals surface area contributed by atoms with E-state index in [-0.39, 0.29) is 5.97 Å². The molecule has 2 rings (SSSR count). The van der Waals surface area contributed by atoms with Crippen molar-refractivity contribution in [2.24, 2.45) is 0 Å². The van der Waals surface area contributed by atoms with Crippen LogP contribution in [0.3, 0.4) is 0 Å². The maximum Gasteiger partial charge on any atom is 0.337 e. The quantitative estimate of drug-likeness (QED) is 0.578. The van der Waals surface area contributed by atoms with Crippen LogP contribution in [-0.4, -0.2) is 13.1 Å². The molecular weight excluding hydrogens is 244 g/mol. The van der Waals surface area contributed by atoms with Crippen LogP contribution in [0.2, 0.25) is 0 Å². The fourth-order valence-corrected chi connectivity index (χ4v) is 2.16. The third-order valence-corrected chi connectivity index (χ3v) is 3.29. The van der Waals surface area contributed by atoms with Crippen LogP contribution in [0.25, 0.3) is 0 Å². The number of hydrogen-bond acceptors (Lipinski definition) is 3. The predicted octanol–water partition coefficient (Wildman–Crippen LogP) is 3.24. The minimum atomic E-state index is -0.330. The number of esters is 1. The van der Waals surface area contributed by atoms with E-state index in [4.69, 9.17) is 0 Å². The average Bonchev–Trinajstić information content (AvgIpc) is 2.82. The van der Waals surface area contributed by atoms with E-state index in [0.717, 1.165) is 10.4 Å². The molecule has 0 atom stereocenters. The first-order chi connectivity index (χ1) is 8.69. The Labute approximate surface area is 110 Å². The first-order valence-corrected chi connectivity index (χ1v) is 6.27. The average molecular weight is 256 g/mol. The number of ether oxygens (including phenoxy) is 1. The van der Waals surface area contributed by atoms with Crippen molar-refractivity contribution in [3.8, 4) is 11.8 Å². The lowest BCUT2D eigenvalue weighted by atomic mass is 10.1. The lowest BCUT2D eigenvalue weighted by Crippen LogP contribution is -2.00. The van der Waals surface area contributed by atoms with Gasteiger partial charge in [-0.2, -0.15) is 0 Å². The van der Waals surface area contributed by atoms with Gasteiger partial charge in [-0.1, -0.05) is 11.8 Å². The van der Waals surface area contributed by atoms with Crippen molar-refractivity contribution in [3.63, 3.8) is 0 Å². The Morgan fingerprint density at radius 2 is 1.83 bits per heavy atom. The molecule has 0 aliphatic rings. The summed E-state index contributed by atoms with van der Waals surface area (Å²) in [5.74, 6) is 5.83. The van der Waals surface area contributed by atoms with Crippen LogP contribution in [-0.2, 0) is 4.74 Å². The third kappa shape index (κ3) is 2.99. The van der Waals surface area contributed by atoms with Crippen LogP contribution in [0, 0.1) is 18.8 Å². The molecule has 0 bridgehead atoms. The molecule has 3 heteroatoms. The molecule has 18 heavy (non-hydrogen) atoms. The Hall–Kier alpha value is -2.05. The highest BCUT2D eigenvalue weighted by Crippen LogP contribution is 2.13. The smallest absolute Gasteiger partial charge is 0.337 e. The van der Waals surface area contributed by atoms with Gasteiger partial charge in [0.2, 0.25) is 0 Å². The zero-order chi connectivity index (χ0) is 13.0. The van der Waals surface area contributed by atoms with Gasteiger partial charge in [0.15, 0.2) is 0 Å². The molecule has 0 aliphatic heterocycles. The minimum absolute atomic E-state index is 0.330. The third-order valence-electron chi connectivity index (χ3n) is 2.38. The van der Waals surface area contributed by atoms with Gasteiger partial charge in [0.1, 0.15) is 0 Å². The second-order valence-corrected chi connectivity index (χ2v) is 5.02. The molecule has 1 aromatic carbocycles. The molecule has 0 radical (unpaired) electrons. The highest BCUT2D eigenvalue weighted by molar-refractivity contribution is 7.12. The van der Waals surface area contributed by atoms with Gasteiger partial charge in [-0.05, 0) is 43.3 Å². The van der Waals surface area contributed by atoms with Crippen molar-refractivity contribution >= 4 is 17.3 Å². The second-order valence-electron chi connectivity index (χ2n) is 3.73. The molecule has 0 N–H and O–H groups in total. The normalized spacial score (nSPS) is 9.44. The number of aryl methyl sites for hydroxylation is 1. The van der Waals surface area contributed by atoms with Gasteiger partial charge < -0.3 is 4.74 Å². The van der Waals surface area contributed by atoms with Gasteiger partial charge in [-0.25, -0.2) is 4.79 Å². The predicted molar refractivity (Wildman–Crippen MR) is 72.8 cm³/mol. The lowest BCUT2D eigenvalue weighted by Gasteiger charge is -1.97. The van der Waals surface area contributed by atoms with Gasteiger partial charge >= 0.3 is 5.97 Å². The van der Waals surface area contributed by atoms with E-state index in [1.807, 2.05) is 18.2 Å². The van der Waals surface area contributed by atoms with Crippen molar-refractivity contribution in [1.29, 1.82) is 0 Å². The molecular formula is C15H12O2S. The molecule has 0 fully saturated rings. The number of rotatable bonds is 1. The topological polar surface area (TPSA) is 26.3 Å². The van der Waals surface area contributed by atoms with Crippen LogP contribution < -0.4 is 0 Å². The van der Waals surface area contributed by atoms with Crippen LogP contribution >= 0.6 is 11.3 Å². The lowest BCUT2D eigenvalue weighted by molar-refractivity contribution is 0.0601. The molecule has 0 spiro atoms. The van der Waals surface area contributed by atoms with Gasteiger partial charge in [0, 0.05) is 10.4 Å². The Kier molecular flexibility index (Phi) is 3.81. The minimum Gasteiger partial charge on any atom is -0.465 e. The molecule has 0 saturated carbocycles. The Morgan fingerprint density at radius 1 is 1.11 bits per heavy atom. The van der Waals surface area contributed by atoms with Gasteiger partial charge in [0.05, 0.1) is 17.6 Å². The number of hydrogen-bond donors (Lipinski definition) is 0. The molecule has 0 aliphatic carbocycles. The summed E-state index contributed by atoms with van der Waals surface area (Å²) >= 11 is 1.67. The summed E-state index contributed by atoms with van der Waals surface area (Å²) in [6.45, 7) is 2.06. The van der Waals surface area contributed by atoms with E-state index < -0.39 is 0 Å². The van der Waals surface area contributed by atoms with E-state index in [2.05, 4.69) is 29.6 Å². The SMILES string of the molecule is COC(=O)c1ccc(C#Cc2ccc(C)s2)cc1. The number of thiophene rings is 1.